The summed E-state index contributed by atoms with van der Waals surface area (Å²) >= 11 is 0. The second-order valence-corrected chi connectivity index (χ2v) is 8.98. The van der Waals surface area contributed by atoms with Crippen LogP contribution >= 0.6 is 0 Å². The summed E-state index contributed by atoms with van der Waals surface area (Å²) in [7, 11) is 0. The summed E-state index contributed by atoms with van der Waals surface area (Å²) in [6.45, 7) is 7.03. The monoisotopic (exact) mass is 314 g/mol. The molecular weight excluding hydrogens is 284 g/mol. The Bertz CT molecular complexity index is 589. The average molecular weight is 314 g/mol. The van der Waals surface area contributed by atoms with Crippen molar-refractivity contribution in [2.45, 2.75) is 65.4 Å². The first kappa shape index (κ1) is 15.6. The molecule has 4 aliphatic rings. The maximum atomic E-state index is 11.8. The van der Waals surface area contributed by atoms with Crippen LogP contribution in [0.25, 0.3) is 0 Å². The highest BCUT2D eigenvalue weighted by Gasteiger charge is 2.60. The minimum absolute atomic E-state index is 0.109. The number of fused-ring (bicyclic) bond motifs is 5. The van der Waals surface area contributed by atoms with Crippen molar-refractivity contribution in [1.29, 1.82) is 0 Å². The van der Waals surface area contributed by atoms with Gasteiger partial charge in [-0.05, 0) is 67.4 Å². The minimum Gasteiger partial charge on any atom is -0.393 e. The van der Waals surface area contributed by atoms with Gasteiger partial charge >= 0.3 is 0 Å². The van der Waals surface area contributed by atoms with E-state index < -0.39 is 0 Å². The molecule has 0 aromatic heterocycles. The van der Waals surface area contributed by atoms with Gasteiger partial charge in [-0.2, -0.15) is 0 Å². The number of ketones is 1. The second kappa shape index (κ2) is 5.05. The van der Waals surface area contributed by atoms with Crippen molar-refractivity contribution in [3.63, 3.8) is 0 Å². The molecule has 0 saturated heterocycles. The van der Waals surface area contributed by atoms with E-state index in [1.54, 1.807) is 6.08 Å². The third-order valence-electron chi connectivity index (χ3n) is 8.18. The van der Waals surface area contributed by atoms with Crippen molar-refractivity contribution in [2.24, 2.45) is 34.5 Å². The molecule has 0 amide bonds. The Balaban J connectivity index is 1.73. The Morgan fingerprint density at radius 3 is 2.78 bits per heavy atom. The summed E-state index contributed by atoms with van der Waals surface area (Å²) < 4.78 is 0. The third kappa shape index (κ3) is 2.00. The zero-order valence-corrected chi connectivity index (χ0v) is 14.7. The Kier molecular flexibility index (Phi) is 3.43. The van der Waals surface area contributed by atoms with Crippen LogP contribution in [0.2, 0.25) is 0 Å². The number of aliphatic hydroxyl groups is 1. The molecule has 4 rings (SSSR count). The van der Waals surface area contributed by atoms with Crippen LogP contribution in [0.5, 0.6) is 0 Å². The smallest absolute Gasteiger partial charge is 0.178 e. The molecule has 0 radical (unpaired) electrons. The standard InChI is InChI=1S/C21H30O2/c1-4-13-6-8-17-16-7-5-14-11-15(22)9-10-20(14,2)19(16)18(23)12-21(13,17)3/h9-11,13,16-19,23H,4-8,12H2,1-3H3/t13-,16-,17-,18?,19+,20-,21+/m0/s1. The van der Waals surface area contributed by atoms with Crippen molar-refractivity contribution in [2.75, 3.05) is 0 Å². The van der Waals surface area contributed by atoms with Gasteiger partial charge in [-0.25, -0.2) is 0 Å². The van der Waals surface area contributed by atoms with Crippen LogP contribution in [-0.2, 0) is 4.79 Å². The first-order valence-corrected chi connectivity index (χ1v) is 9.52. The lowest BCUT2D eigenvalue weighted by molar-refractivity contribution is -0.118. The van der Waals surface area contributed by atoms with E-state index >= 15 is 0 Å². The van der Waals surface area contributed by atoms with Crippen LogP contribution in [-0.4, -0.2) is 17.0 Å². The maximum Gasteiger partial charge on any atom is 0.178 e. The fraction of sp³-hybridized carbons (Fsp3) is 0.762. The Morgan fingerprint density at radius 2 is 2.04 bits per heavy atom. The lowest BCUT2D eigenvalue weighted by Gasteiger charge is -2.58. The van der Waals surface area contributed by atoms with Crippen LogP contribution < -0.4 is 0 Å². The van der Waals surface area contributed by atoms with Gasteiger partial charge in [0.15, 0.2) is 5.78 Å². The van der Waals surface area contributed by atoms with Gasteiger partial charge in [0.1, 0.15) is 0 Å². The van der Waals surface area contributed by atoms with Crippen LogP contribution in [0, 0.1) is 34.5 Å². The van der Waals surface area contributed by atoms with E-state index in [0.29, 0.717) is 17.3 Å². The molecule has 0 aromatic rings. The molecule has 0 spiro atoms. The van der Waals surface area contributed by atoms with Crippen molar-refractivity contribution in [1.82, 2.24) is 0 Å². The zero-order valence-electron chi connectivity index (χ0n) is 14.7. The zero-order chi connectivity index (χ0) is 16.4. The predicted molar refractivity (Wildman–Crippen MR) is 91.8 cm³/mol. The molecule has 7 atom stereocenters. The third-order valence-corrected chi connectivity index (χ3v) is 8.18. The Morgan fingerprint density at radius 1 is 1.26 bits per heavy atom. The van der Waals surface area contributed by atoms with E-state index in [9.17, 15) is 9.90 Å². The van der Waals surface area contributed by atoms with Gasteiger partial charge in [-0.15, -0.1) is 0 Å². The normalized spacial score (nSPS) is 51.7. The molecule has 23 heavy (non-hydrogen) atoms. The number of allylic oxidation sites excluding steroid dienone is 4. The fourth-order valence-corrected chi connectivity index (χ4v) is 7.10. The lowest BCUT2D eigenvalue weighted by Crippen LogP contribution is -2.55. The Hall–Kier alpha value is -0.890. The number of carbonyl (C=O) groups excluding carboxylic acids is 1. The highest BCUT2D eigenvalue weighted by molar-refractivity contribution is 6.01. The molecule has 4 aliphatic carbocycles. The van der Waals surface area contributed by atoms with E-state index in [2.05, 4.69) is 26.8 Å². The van der Waals surface area contributed by atoms with Gasteiger partial charge in [-0.1, -0.05) is 38.8 Å². The molecular formula is C21H30O2. The highest BCUT2D eigenvalue weighted by atomic mass is 16.3. The molecule has 1 N–H and O–H groups in total. The quantitative estimate of drug-likeness (QED) is 0.784. The molecule has 0 aromatic carbocycles. The van der Waals surface area contributed by atoms with Crippen LogP contribution in [0.1, 0.15) is 59.3 Å². The van der Waals surface area contributed by atoms with E-state index in [-0.39, 0.29) is 17.3 Å². The SMILES string of the molecule is CC[C@H]1CC[C@H]2[C@@H]3CCC4=CC(=O)C=C[C@]4(C)[C@H]3C(O)C[C@]12C. The molecule has 2 nitrogen and oxygen atoms in total. The maximum absolute atomic E-state index is 11.8. The van der Waals surface area contributed by atoms with Crippen LogP contribution in [0.15, 0.2) is 23.8 Å². The summed E-state index contributed by atoms with van der Waals surface area (Å²) in [4.78, 5) is 11.8. The predicted octanol–water partition coefficient (Wildman–Crippen LogP) is 4.29. The average Bonchev–Trinajstić information content (AvgIpc) is 2.83. The minimum atomic E-state index is -0.236. The number of hydrogen-bond donors (Lipinski definition) is 1. The summed E-state index contributed by atoms with van der Waals surface area (Å²) in [5, 5.41) is 11.2. The number of carbonyl (C=O) groups is 1. The summed E-state index contributed by atoms with van der Waals surface area (Å²) in [6.07, 6.45) is 12.5. The summed E-state index contributed by atoms with van der Waals surface area (Å²) in [6, 6.07) is 0. The van der Waals surface area contributed by atoms with Gasteiger partial charge < -0.3 is 5.11 Å². The first-order chi connectivity index (χ1) is 10.9. The molecule has 3 fully saturated rings. The highest BCUT2D eigenvalue weighted by Crippen LogP contribution is 2.66. The lowest BCUT2D eigenvalue weighted by atomic mass is 9.47. The molecule has 0 aliphatic heterocycles. The van der Waals surface area contributed by atoms with Gasteiger partial charge in [0.25, 0.3) is 0 Å². The van der Waals surface area contributed by atoms with Crippen molar-refractivity contribution in [3.05, 3.63) is 23.8 Å². The van der Waals surface area contributed by atoms with E-state index in [1.165, 1.54) is 24.8 Å². The summed E-state index contributed by atoms with van der Waals surface area (Å²) in [5.74, 6) is 2.56. The van der Waals surface area contributed by atoms with Crippen molar-refractivity contribution < 1.29 is 9.90 Å². The van der Waals surface area contributed by atoms with Gasteiger partial charge in [-0.3, -0.25) is 4.79 Å². The van der Waals surface area contributed by atoms with E-state index in [1.807, 2.05) is 6.08 Å². The van der Waals surface area contributed by atoms with E-state index in [0.717, 1.165) is 31.1 Å². The molecule has 1 unspecified atom stereocenters. The number of rotatable bonds is 1. The van der Waals surface area contributed by atoms with Crippen LogP contribution in [0.4, 0.5) is 0 Å². The molecule has 126 valence electrons. The summed E-state index contributed by atoms with van der Waals surface area (Å²) in [5.41, 5.74) is 1.47. The molecule has 3 saturated carbocycles. The van der Waals surface area contributed by atoms with Crippen molar-refractivity contribution >= 4 is 5.78 Å². The topological polar surface area (TPSA) is 37.3 Å². The van der Waals surface area contributed by atoms with Gasteiger partial charge in [0.2, 0.25) is 0 Å². The molecule has 0 bridgehead atoms. The molecule has 2 heteroatoms. The number of hydrogen-bond acceptors (Lipinski definition) is 2. The molecule has 0 heterocycles. The first-order valence-electron chi connectivity index (χ1n) is 9.52. The van der Waals surface area contributed by atoms with Gasteiger partial charge in [0, 0.05) is 11.3 Å². The second-order valence-electron chi connectivity index (χ2n) is 8.98. The number of aliphatic hydroxyl groups excluding tert-OH is 1. The fourth-order valence-electron chi connectivity index (χ4n) is 7.10. The van der Waals surface area contributed by atoms with Gasteiger partial charge in [0.05, 0.1) is 6.10 Å². The Labute approximate surface area is 140 Å². The van der Waals surface area contributed by atoms with E-state index in [4.69, 9.17) is 0 Å². The van der Waals surface area contributed by atoms with Crippen LogP contribution in [0.3, 0.4) is 0 Å². The van der Waals surface area contributed by atoms with Crippen molar-refractivity contribution in [3.8, 4) is 0 Å². The largest absolute Gasteiger partial charge is 0.393 e.